The van der Waals surface area contributed by atoms with E-state index in [1.807, 2.05) is 82.0 Å². The average Bonchev–Trinajstić information content (AvgIpc) is 3.25. The molecule has 15 heteroatoms. The Balaban J connectivity index is 0.000000281. The number of fused-ring (bicyclic) bond motifs is 3. The van der Waals surface area contributed by atoms with Crippen LogP contribution in [0.15, 0.2) is 76.3 Å². The van der Waals surface area contributed by atoms with Crippen molar-refractivity contribution in [2.24, 2.45) is 0 Å². The predicted octanol–water partition coefficient (Wildman–Crippen LogP) is 5.21. The summed E-state index contributed by atoms with van der Waals surface area (Å²) in [5.41, 5.74) is 3.85. The molecule has 2 N–H and O–H groups in total. The summed E-state index contributed by atoms with van der Waals surface area (Å²) in [5.74, 6) is 0.830. The average molecular weight is 849 g/mol. The molecule has 2 aromatic heterocycles. The van der Waals surface area contributed by atoms with Crippen LogP contribution in [-0.4, -0.2) is 102 Å². The van der Waals surface area contributed by atoms with E-state index in [1.54, 1.807) is 23.7 Å². The van der Waals surface area contributed by atoms with Crippen molar-refractivity contribution in [2.45, 2.75) is 78.7 Å². The van der Waals surface area contributed by atoms with Crippen LogP contribution in [0.25, 0.3) is 21.8 Å². The van der Waals surface area contributed by atoms with Crippen molar-refractivity contribution in [3.8, 4) is 11.5 Å². The topological polar surface area (TPSA) is 171 Å². The van der Waals surface area contributed by atoms with Gasteiger partial charge in [0.15, 0.2) is 11.5 Å². The largest absolute Gasteiger partial charge is 0.486 e. The molecule has 7 rings (SSSR count). The van der Waals surface area contributed by atoms with Crippen LogP contribution in [0, 0.1) is 13.8 Å². The highest BCUT2D eigenvalue weighted by molar-refractivity contribution is 6.07. The van der Waals surface area contributed by atoms with E-state index in [0.29, 0.717) is 66.9 Å². The van der Waals surface area contributed by atoms with Crippen LogP contribution in [-0.2, 0) is 29.2 Å². The summed E-state index contributed by atoms with van der Waals surface area (Å²) in [4.78, 5) is 77.7. The lowest BCUT2D eigenvalue weighted by molar-refractivity contribution is -0.108. The maximum absolute atomic E-state index is 13.4. The Hall–Kier alpha value is -6.48. The number of hydrogen-bond donors (Lipinski definition) is 2. The molecule has 3 amide bonds. The predicted molar refractivity (Wildman–Crippen MR) is 237 cm³/mol. The molecule has 15 nitrogen and oxygen atoms in total. The molecule has 2 aliphatic rings. The molecule has 1 saturated heterocycles. The zero-order valence-corrected chi connectivity index (χ0v) is 36.5. The Morgan fingerprint density at radius 2 is 1.31 bits per heavy atom. The monoisotopic (exact) mass is 848 g/mol. The van der Waals surface area contributed by atoms with Crippen molar-refractivity contribution >= 4 is 46.0 Å². The molecule has 1 fully saturated rings. The minimum absolute atomic E-state index is 0.0114. The Bertz CT molecular complexity index is 2600. The fourth-order valence-electron chi connectivity index (χ4n) is 7.86. The van der Waals surface area contributed by atoms with Gasteiger partial charge < -0.3 is 48.6 Å². The number of aryl methyl sites for hydroxylation is 2. The van der Waals surface area contributed by atoms with Crippen molar-refractivity contribution in [2.75, 3.05) is 46.9 Å². The molecule has 3 aromatic carbocycles. The van der Waals surface area contributed by atoms with Gasteiger partial charge >= 0.3 is 6.09 Å². The number of pyridine rings is 2. The molecule has 4 heterocycles. The van der Waals surface area contributed by atoms with Crippen LogP contribution in [0.3, 0.4) is 0 Å². The van der Waals surface area contributed by atoms with Gasteiger partial charge in [-0.15, -0.1) is 0 Å². The number of aromatic nitrogens is 2. The lowest BCUT2D eigenvalue weighted by atomic mass is 10.0. The molecular formula is C47H56N6O9. The van der Waals surface area contributed by atoms with Gasteiger partial charge in [-0.05, 0) is 88.4 Å². The minimum atomic E-state index is -0.607. The quantitative estimate of drug-likeness (QED) is 0.178. The van der Waals surface area contributed by atoms with Gasteiger partial charge in [0.1, 0.15) is 25.1 Å². The number of piperidine rings is 1. The normalized spacial score (nSPS) is 14.1. The standard InChI is InChI=1S/C33H42N4O6.C14H14N2O3/c1-22-6-8-25-26(31(39)34-5)20-30(38)36(27(25)18-22)15-14-35-12-10-24(11-13-35)37(32(40)43-33(2,3)4)21-23-7-9-28-29(19-23)42-17-16-41-28;1-9-3-4-10-11(14(19)15-2)8-13(18)16(5-6-17)12(10)7-9/h6-9,18-20,24H,10-17,21H2,1-5H3,(H,34,39);3-4,6-8H,5H2,1-2H3,(H,15,19). The second-order valence-corrected chi connectivity index (χ2v) is 16.6. The van der Waals surface area contributed by atoms with Gasteiger partial charge in [-0.25, -0.2) is 4.79 Å². The number of nitrogens with one attached hydrogen (secondary N) is 2. The van der Waals surface area contributed by atoms with Crippen molar-refractivity contribution in [3.05, 3.63) is 115 Å². The fourth-order valence-corrected chi connectivity index (χ4v) is 7.86. The molecule has 62 heavy (non-hydrogen) atoms. The molecule has 0 spiro atoms. The lowest BCUT2D eigenvalue weighted by Gasteiger charge is -2.39. The van der Waals surface area contributed by atoms with Gasteiger partial charge in [0.05, 0.1) is 28.7 Å². The number of likely N-dealkylation sites (tertiary alicyclic amines) is 1. The van der Waals surface area contributed by atoms with Gasteiger partial charge in [-0.1, -0.05) is 30.3 Å². The van der Waals surface area contributed by atoms with Crippen LogP contribution in [0.1, 0.15) is 71.0 Å². The Kier molecular flexibility index (Phi) is 14.2. The van der Waals surface area contributed by atoms with Crippen LogP contribution >= 0.6 is 0 Å². The minimum Gasteiger partial charge on any atom is -0.486 e. The first-order valence-corrected chi connectivity index (χ1v) is 20.9. The Morgan fingerprint density at radius 1 is 0.758 bits per heavy atom. The highest BCUT2D eigenvalue weighted by Crippen LogP contribution is 2.32. The number of nitrogens with zero attached hydrogens (tertiary/aromatic N) is 4. The summed E-state index contributed by atoms with van der Waals surface area (Å²) < 4.78 is 20.4. The smallest absolute Gasteiger partial charge is 0.410 e. The summed E-state index contributed by atoms with van der Waals surface area (Å²) in [7, 11) is 3.08. The van der Waals surface area contributed by atoms with Crippen molar-refractivity contribution in [3.63, 3.8) is 0 Å². The van der Waals surface area contributed by atoms with E-state index in [1.165, 1.54) is 23.7 Å². The summed E-state index contributed by atoms with van der Waals surface area (Å²) in [6, 6.07) is 19.8. The molecule has 0 unspecified atom stereocenters. The molecule has 0 aliphatic carbocycles. The van der Waals surface area contributed by atoms with E-state index in [4.69, 9.17) is 14.2 Å². The summed E-state index contributed by atoms with van der Waals surface area (Å²) in [6.07, 6.45) is 1.91. The number of hydrogen-bond acceptors (Lipinski definition) is 10. The maximum Gasteiger partial charge on any atom is 0.410 e. The van der Waals surface area contributed by atoms with Crippen molar-refractivity contribution in [1.82, 2.24) is 29.6 Å². The number of ether oxygens (including phenoxy) is 3. The molecule has 328 valence electrons. The first-order chi connectivity index (χ1) is 29.6. The molecule has 5 aromatic rings. The SMILES string of the molecule is CNC(=O)c1cc(=O)n(CC=O)c2cc(C)ccc12.CNC(=O)c1cc(=O)n(CCN2CCC(N(Cc3ccc4c(c3)OCCO4)C(=O)OC(C)(C)C)CC2)c2cc(C)ccc12. The molecular weight excluding hydrogens is 793 g/mol. The van der Waals surface area contributed by atoms with Crippen molar-refractivity contribution < 1.29 is 33.4 Å². The van der Waals surface area contributed by atoms with Crippen LogP contribution in [0.2, 0.25) is 0 Å². The second kappa shape index (κ2) is 19.5. The number of carbonyl (C=O) groups excluding carboxylic acids is 4. The van der Waals surface area contributed by atoms with Gasteiger partial charge in [-0.3, -0.25) is 19.2 Å². The van der Waals surface area contributed by atoms with E-state index < -0.39 is 5.60 Å². The Morgan fingerprint density at radius 3 is 1.85 bits per heavy atom. The number of rotatable bonds is 10. The van der Waals surface area contributed by atoms with Crippen LogP contribution < -0.4 is 31.2 Å². The molecule has 0 bridgehead atoms. The summed E-state index contributed by atoms with van der Waals surface area (Å²) in [5, 5.41) is 6.56. The van der Waals surface area contributed by atoms with E-state index in [2.05, 4.69) is 15.5 Å². The number of benzene rings is 3. The third kappa shape index (κ3) is 10.5. The zero-order valence-electron chi connectivity index (χ0n) is 36.5. The third-order valence-corrected chi connectivity index (χ3v) is 11.0. The highest BCUT2D eigenvalue weighted by Gasteiger charge is 2.32. The number of amides is 3. The molecule has 0 atom stereocenters. The molecule has 2 aliphatic heterocycles. The van der Waals surface area contributed by atoms with Gasteiger partial charge in [0.25, 0.3) is 22.9 Å². The van der Waals surface area contributed by atoms with E-state index >= 15 is 0 Å². The van der Waals surface area contributed by atoms with Crippen molar-refractivity contribution in [1.29, 1.82) is 0 Å². The van der Waals surface area contributed by atoms with Crippen LogP contribution in [0.5, 0.6) is 11.5 Å². The van der Waals surface area contributed by atoms with Gasteiger partial charge in [0, 0.05) is 75.8 Å². The lowest BCUT2D eigenvalue weighted by Crippen LogP contribution is -2.49. The number of carbonyl (C=O) groups is 4. The van der Waals surface area contributed by atoms with Gasteiger partial charge in [0.2, 0.25) is 0 Å². The fraction of sp³-hybridized carbons (Fsp3) is 0.404. The highest BCUT2D eigenvalue weighted by atomic mass is 16.6. The Labute approximate surface area is 360 Å². The first-order valence-electron chi connectivity index (χ1n) is 20.9. The maximum atomic E-state index is 13.4. The summed E-state index contributed by atoms with van der Waals surface area (Å²) >= 11 is 0. The molecule has 0 saturated carbocycles. The third-order valence-electron chi connectivity index (χ3n) is 11.0. The summed E-state index contributed by atoms with van der Waals surface area (Å²) in [6.45, 7) is 13.7. The van der Waals surface area contributed by atoms with E-state index in [9.17, 15) is 28.8 Å². The zero-order chi connectivity index (χ0) is 44.7. The van der Waals surface area contributed by atoms with Crippen LogP contribution in [0.4, 0.5) is 4.79 Å². The molecule has 0 radical (unpaired) electrons. The van der Waals surface area contributed by atoms with E-state index in [-0.39, 0.29) is 41.6 Å². The second-order valence-electron chi connectivity index (χ2n) is 16.6. The first kappa shape index (κ1) is 45.1. The number of aldehydes is 1. The van der Waals surface area contributed by atoms with E-state index in [0.717, 1.165) is 59.3 Å². The van der Waals surface area contributed by atoms with Gasteiger partial charge in [-0.2, -0.15) is 0 Å².